The van der Waals surface area contributed by atoms with Crippen LogP contribution in [0.1, 0.15) is 23.1 Å². The van der Waals surface area contributed by atoms with Gasteiger partial charge >= 0.3 is 0 Å². The molecule has 1 aliphatic heterocycles. The van der Waals surface area contributed by atoms with E-state index in [9.17, 15) is 0 Å². The molecule has 1 aliphatic rings. The highest BCUT2D eigenvalue weighted by molar-refractivity contribution is 5.38. The summed E-state index contributed by atoms with van der Waals surface area (Å²) in [6.45, 7) is 0.619. The maximum absolute atomic E-state index is 5.84. The molecule has 3 rings (SSSR count). The first kappa shape index (κ1) is 11.2. The van der Waals surface area contributed by atoms with Gasteiger partial charge in [-0.25, -0.2) is 9.97 Å². The molecule has 0 fully saturated rings. The lowest BCUT2D eigenvalue weighted by molar-refractivity contribution is 0.227. The molecule has 0 saturated heterocycles. The van der Waals surface area contributed by atoms with Gasteiger partial charge in [0, 0.05) is 18.8 Å². The van der Waals surface area contributed by atoms with Gasteiger partial charge in [0.1, 0.15) is 5.75 Å². The van der Waals surface area contributed by atoms with Crippen molar-refractivity contribution in [2.45, 2.75) is 18.9 Å². The van der Waals surface area contributed by atoms with Crippen molar-refractivity contribution in [2.24, 2.45) is 5.73 Å². The molecule has 2 N–H and O–H groups in total. The summed E-state index contributed by atoms with van der Waals surface area (Å²) in [5.74, 6) is 1.68. The molecular formula is C14H15N3O. The third-order valence-corrected chi connectivity index (χ3v) is 3.09. The predicted molar refractivity (Wildman–Crippen MR) is 68.3 cm³/mol. The van der Waals surface area contributed by atoms with Crippen LogP contribution in [0.15, 0.2) is 36.7 Å². The van der Waals surface area contributed by atoms with Crippen molar-refractivity contribution in [3.05, 3.63) is 53.6 Å². The van der Waals surface area contributed by atoms with Gasteiger partial charge in [-0.3, -0.25) is 0 Å². The molecule has 0 spiro atoms. The Kier molecular flexibility index (Phi) is 2.94. The van der Waals surface area contributed by atoms with Crippen molar-refractivity contribution in [1.29, 1.82) is 0 Å². The second-order valence-electron chi connectivity index (χ2n) is 4.41. The van der Waals surface area contributed by atoms with Crippen molar-refractivity contribution < 1.29 is 4.74 Å². The van der Waals surface area contributed by atoms with E-state index in [4.69, 9.17) is 10.5 Å². The second-order valence-corrected chi connectivity index (χ2v) is 4.41. The van der Waals surface area contributed by atoms with Crippen LogP contribution in [0.3, 0.4) is 0 Å². The average molecular weight is 241 g/mol. The van der Waals surface area contributed by atoms with E-state index in [1.807, 2.05) is 30.6 Å². The highest BCUT2D eigenvalue weighted by Gasteiger charge is 2.25. The summed E-state index contributed by atoms with van der Waals surface area (Å²) < 4.78 is 5.84. The van der Waals surface area contributed by atoms with Crippen LogP contribution in [0.4, 0.5) is 0 Å². The van der Waals surface area contributed by atoms with Crippen molar-refractivity contribution >= 4 is 0 Å². The molecule has 0 aliphatic carbocycles. The summed E-state index contributed by atoms with van der Waals surface area (Å²) in [5.41, 5.74) is 7.78. The highest BCUT2D eigenvalue weighted by Crippen LogP contribution is 2.34. The van der Waals surface area contributed by atoms with Crippen LogP contribution < -0.4 is 10.5 Å². The Morgan fingerprint density at radius 1 is 1.22 bits per heavy atom. The lowest BCUT2D eigenvalue weighted by atomic mass is 10.1. The van der Waals surface area contributed by atoms with Crippen LogP contribution in [-0.4, -0.2) is 16.5 Å². The fraction of sp³-hybridized carbons (Fsp3) is 0.286. The van der Waals surface area contributed by atoms with Crippen molar-refractivity contribution in [1.82, 2.24) is 9.97 Å². The van der Waals surface area contributed by atoms with Crippen LogP contribution in [0, 0.1) is 0 Å². The molecule has 4 heteroatoms. The largest absolute Gasteiger partial charge is 0.482 e. The van der Waals surface area contributed by atoms with E-state index in [0.29, 0.717) is 6.54 Å². The summed E-state index contributed by atoms with van der Waals surface area (Å²) in [6, 6.07) is 8.07. The Bertz CT molecular complexity index is 514. The molecule has 1 aromatic heterocycles. The molecule has 0 bridgehead atoms. The van der Waals surface area contributed by atoms with Gasteiger partial charge in [0.2, 0.25) is 0 Å². The van der Waals surface area contributed by atoms with Crippen LogP contribution in [0.25, 0.3) is 0 Å². The molecule has 4 nitrogen and oxygen atoms in total. The van der Waals surface area contributed by atoms with Gasteiger partial charge in [-0.2, -0.15) is 0 Å². The third kappa shape index (κ3) is 2.07. The molecule has 1 unspecified atom stereocenters. The monoisotopic (exact) mass is 241 g/mol. The summed E-state index contributed by atoms with van der Waals surface area (Å²) in [6.07, 6.45) is 5.26. The summed E-state index contributed by atoms with van der Waals surface area (Å²) in [7, 11) is 0. The zero-order chi connectivity index (χ0) is 12.4. The number of fused-ring (bicyclic) bond motifs is 1. The average Bonchev–Trinajstić information content (AvgIpc) is 2.84. The predicted octanol–water partition coefficient (Wildman–Crippen LogP) is 1.65. The zero-order valence-electron chi connectivity index (χ0n) is 10.0. The number of nitrogens with zero attached hydrogens (tertiary/aromatic N) is 2. The molecule has 1 atom stereocenters. The number of ether oxygens (including phenoxy) is 1. The number of rotatable bonds is 3. The van der Waals surface area contributed by atoms with E-state index in [0.717, 1.165) is 30.0 Å². The van der Waals surface area contributed by atoms with E-state index in [1.165, 1.54) is 5.56 Å². The molecule has 92 valence electrons. The number of para-hydroxylation sites is 1. The van der Waals surface area contributed by atoms with E-state index in [2.05, 4.69) is 16.0 Å². The summed E-state index contributed by atoms with van der Waals surface area (Å²) in [4.78, 5) is 8.74. The zero-order valence-corrected chi connectivity index (χ0v) is 10.0. The number of hydrogen-bond donors (Lipinski definition) is 1. The van der Waals surface area contributed by atoms with Gasteiger partial charge in [0.15, 0.2) is 11.9 Å². The molecule has 0 radical (unpaired) electrons. The first-order valence-corrected chi connectivity index (χ1v) is 6.12. The van der Waals surface area contributed by atoms with Crippen molar-refractivity contribution in [3.8, 4) is 5.75 Å². The van der Waals surface area contributed by atoms with Gasteiger partial charge in [-0.1, -0.05) is 18.2 Å². The molecule has 1 aromatic carbocycles. The van der Waals surface area contributed by atoms with E-state index in [-0.39, 0.29) is 6.10 Å². The summed E-state index contributed by atoms with van der Waals surface area (Å²) >= 11 is 0. The molecule has 0 saturated carbocycles. The first-order chi connectivity index (χ1) is 8.86. The topological polar surface area (TPSA) is 61.0 Å². The SMILES string of the molecule is NCCc1cnc(C2Cc3ccccc3O2)nc1. The minimum atomic E-state index is -0.0608. The Labute approximate surface area is 106 Å². The molecule has 2 heterocycles. The Morgan fingerprint density at radius 3 is 2.72 bits per heavy atom. The maximum Gasteiger partial charge on any atom is 0.169 e. The maximum atomic E-state index is 5.84. The van der Waals surface area contributed by atoms with Crippen molar-refractivity contribution in [2.75, 3.05) is 6.54 Å². The van der Waals surface area contributed by atoms with Gasteiger partial charge in [-0.05, 0) is 30.2 Å². The normalized spacial score (nSPS) is 17.3. The lowest BCUT2D eigenvalue weighted by Gasteiger charge is -2.09. The Hall–Kier alpha value is -1.94. The van der Waals surface area contributed by atoms with Gasteiger partial charge in [0.05, 0.1) is 0 Å². The number of nitrogens with two attached hydrogens (primary N) is 1. The van der Waals surface area contributed by atoms with Gasteiger partial charge in [0.25, 0.3) is 0 Å². The van der Waals surface area contributed by atoms with Crippen molar-refractivity contribution in [3.63, 3.8) is 0 Å². The van der Waals surface area contributed by atoms with Crippen LogP contribution >= 0.6 is 0 Å². The standard InChI is InChI=1S/C14H15N3O/c15-6-5-10-8-16-14(17-9-10)13-7-11-3-1-2-4-12(11)18-13/h1-4,8-9,13H,5-7,15H2. The molecular weight excluding hydrogens is 226 g/mol. The number of aromatic nitrogens is 2. The third-order valence-electron chi connectivity index (χ3n) is 3.09. The molecule has 2 aromatic rings. The highest BCUT2D eigenvalue weighted by atomic mass is 16.5. The van der Waals surface area contributed by atoms with Crippen LogP contribution in [0.2, 0.25) is 0 Å². The Balaban J connectivity index is 1.78. The van der Waals surface area contributed by atoms with E-state index >= 15 is 0 Å². The number of hydrogen-bond acceptors (Lipinski definition) is 4. The lowest BCUT2D eigenvalue weighted by Crippen LogP contribution is -2.10. The minimum Gasteiger partial charge on any atom is -0.482 e. The fourth-order valence-corrected chi connectivity index (χ4v) is 2.15. The minimum absolute atomic E-state index is 0.0608. The smallest absolute Gasteiger partial charge is 0.169 e. The summed E-state index contributed by atoms with van der Waals surface area (Å²) in [5, 5.41) is 0. The second kappa shape index (κ2) is 4.74. The fourth-order valence-electron chi connectivity index (χ4n) is 2.15. The van der Waals surface area contributed by atoms with Gasteiger partial charge in [-0.15, -0.1) is 0 Å². The Morgan fingerprint density at radius 2 is 2.00 bits per heavy atom. The first-order valence-electron chi connectivity index (χ1n) is 6.12. The number of benzene rings is 1. The van der Waals surface area contributed by atoms with E-state index in [1.54, 1.807) is 0 Å². The van der Waals surface area contributed by atoms with Crippen LogP contribution in [0.5, 0.6) is 5.75 Å². The van der Waals surface area contributed by atoms with Crippen LogP contribution in [-0.2, 0) is 12.8 Å². The quantitative estimate of drug-likeness (QED) is 0.887. The van der Waals surface area contributed by atoms with E-state index < -0.39 is 0 Å². The van der Waals surface area contributed by atoms with Gasteiger partial charge < -0.3 is 10.5 Å². The molecule has 0 amide bonds. The molecule has 18 heavy (non-hydrogen) atoms.